The van der Waals surface area contributed by atoms with Gasteiger partial charge in [-0.3, -0.25) is 4.79 Å². The van der Waals surface area contributed by atoms with Gasteiger partial charge in [0.1, 0.15) is 29.7 Å². The van der Waals surface area contributed by atoms with Crippen molar-refractivity contribution in [1.29, 1.82) is 0 Å². The van der Waals surface area contributed by atoms with Crippen LogP contribution >= 0.6 is 23.1 Å². The van der Waals surface area contributed by atoms with Crippen LogP contribution in [0.5, 0.6) is 11.5 Å². The highest BCUT2D eigenvalue weighted by molar-refractivity contribution is 7.98. The number of halogens is 1. The number of nitrogens with zero attached hydrogens (tertiary/aromatic N) is 1. The number of thioether (sulfide) groups is 1. The third-order valence-corrected chi connectivity index (χ3v) is 6.41. The normalized spacial score (nSPS) is 13.0. The van der Waals surface area contributed by atoms with E-state index in [2.05, 4.69) is 9.97 Å². The number of aromatic amines is 1. The molecule has 3 heterocycles. The zero-order valence-corrected chi connectivity index (χ0v) is 16.7. The molecule has 0 unspecified atom stereocenters. The van der Waals surface area contributed by atoms with Crippen molar-refractivity contribution in [3.63, 3.8) is 0 Å². The van der Waals surface area contributed by atoms with Gasteiger partial charge in [-0.1, -0.05) is 12.1 Å². The number of ether oxygens (including phenoxy) is 2. The Morgan fingerprint density at radius 3 is 2.72 bits per heavy atom. The summed E-state index contributed by atoms with van der Waals surface area (Å²) >= 11 is 2.97. The number of hydrogen-bond donors (Lipinski definition) is 1. The van der Waals surface area contributed by atoms with E-state index in [1.807, 2.05) is 23.6 Å². The van der Waals surface area contributed by atoms with Crippen LogP contribution in [0.3, 0.4) is 0 Å². The van der Waals surface area contributed by atoms with E-state index >= 15 is 0 Å². The van der Waals surface area contributed by atoms with Crippen molar-refractivity contribution in [2.24, 2.45) is 0 Å². The molecule has 2 aromatic heterocycles. The molecule has 2 aromatic carbocycles. The van der Waals surface area contributed by atoms with Crippen LogP contribution in [0, 0.1) is 5.82 Å². The van der Waals surface area contributed by atoms with Crippen molar-refractivity contribution in [3.05, 3.63) is 69.8 Å². The molecule has 29 heavy (non-hydrogen) atoms. The number of hydrogen-bond acceptors (Lipinski definition) is 6. The molecule has 0 radical (unpaired) electrons. The third-order valence-electron chi connectivity index (χ3n) is 4.54. The van der Waals surface area contributed by atoms with Gasteiger partial charge in [0.05, 0.1) is 11.1 Å². The van der Waals surface area contributed by atoms with E-state index in [1.165, 1.54) is 23.5 Å². The molecule has 0 amide bonds. The van der Waals surface area contributed by atoms with E-state index in [1.54, 1.807) is 23.9 Å². The van der Waals surface area contributed by atoms with Gasteiger partial charge in [0, 0.05) is 15.8 Å². The summed E-state index contributed by atoms with van der Waals surface area (Å²) in [4.78, 5) is 21.9. The maximum atomic E-state index is 13.2. The zero-order chi connectivity index (χ0) is 19.8. The highest BCUT2D eigenvalue weighted by atomic mass is 32.2. The lowest BCUT2D eigenvalue weighted by Crippen LogP contribution is -2.15. The van der Waals surface area contributed by atoms with E-state index in [0.717, 1.165) is 27.5 Å². The second-order valence-electron chi connectivity index (χ2n) is 6.44. The van der Waals surface area contributed by atoms with Gasteiger partial charge in [0.15, 0.2) is 11.5 Å². The second kappa shape index (κ2) is 7.53. The fourth-order valence-corrected chi connectivity index (χ4v) is 4.93. The summed E-state index contributed by atoms with van der Waals surface area (Å²) in [5.74, 6) is 2.31. The molecule has 0 bridgehead atoms. The number of fused-ring (bicyclic) bond motifs is 2. The van der Waals surface area contributed by atoms with Gasteiger partial charge in [-0.15, -0.1) is 23.1 Å². The first kappa shape index (κ1) is 18.2. The van der Waals surface area contributed by atoms with Gasteiger partial charge in [0.25, 0.3) is 5.56 Å². The van der Waals surface area contributed by atoms with Crippen molar-refractivity contribution in [2.75, 3.05) is 13.2 Å². The van der Waals surface area contributed by atoms with Crippen LogP contribution in [-0.2, 0) is 5.75 Å². The van der Waals surface area contributed by atoms with E-state index < -0.39 is 0 Å². The van der Waals surface area contributed by atoms with Crippen LogP contribution in [-0.4, -0.2) is 23.2 Å². The number of nitrogens with one attached hydrogen (secondary N) is 1. The average molecular weight is 426 g/mol. The van der Waals surface area contributed by atoms with Crippen molar-refractivity contribution < 1.29 is 13.9 Å². The minimum Gasteiger partial charge on any atom is -0.486 e. The Labute approximate surface area is 173 Å². The first-order valence-electron chi connectivity index (χ1n) is 8.96. The van der Waals surface area contributed by atoms with Gasteiger partial charge in [-0.25, -0.2) is 9.37 Å². The van der Waals surface area contributed by atoms with E-state index in [0.29, 0.717) is 35.0 Å². The first-order valence-corrected chi connectivity index (χ1v) is 10.8. The molecule has 5 nitrogen and oxygen atoms in total. The lowest BCUT2D eigenvalue weighted by atomic mass is 10.1. The lowest BCUT2D eigenvalue weighted by Gasteiger charge is -2.18. The van der Waals surface area contributed by atoms with Crippen LogP contribution in [0.4, 0.5) is 4.39 Å². The van der Waals surface area contributed by atoms with Crippen LogP contribution in [0.2, 0.25) is 0 Å². The third kappa shape index (κ3) is 3.61. The highest BCUT2D eigenvalue weighted by Crippen LogP contribution is 2.35. The molecule has 146 valence electrons. The Morgan fingerprint density at radius 1 is 1.10 bits per heavy atom. The van der Waals surface area contributed by atoms with E-state index in [4.69, 9.17) is 9.47 Å². The van der Waals surface area contributed by atoms with Crippen molar-refractivity contribution in [1.82, 2.24) is 9.97 Å². The van der Waals surface area contributed by atoms with Crippen LogP contribution in [0.25, 0.3) is 21.3 Å². The first-order chi connectivity index (χ1) is 14.2. The molecule has 0 fully saturated rings. The topological polar surface area (TPSA) is 64.2 Å². The molecule has 0 saturated heterocycles. The molecule has 5 rings (SSSR count). The van der Waals surface area contributed by atoms with Gasteiger partial charge in [0.2, 0.25) is 0 Å². The summed E-state index contributed by atoms with van der Waals surface area (Å²) < 4.78 is 24.3. The lowest BCUT2D eigenvalue weighted by molar-refractivity contribution is 0.171. The van der Waals surface area contributed by atoms with Crippen LogP contribution in [0.1, 0.15) is 5.82 Å². The Balaban J connectivity index is 1.40. The SMILES string of the molecule is O=c1[nH]c(CSc2ccc3c(c2)OCCO3)nc2scc(-c3ccc(F)cc3)c12. The maximum absolute atomic E-state index is 13.2. The minimum atomic E-state index is -0.307. The number of rotatable bonds is 4. The van der Waals surface area contributed by atoms with Crippen LogP contribution < -0.4 is 15.0 Å². The fraction of sp³-hybridized carbons (Fsp3) is 0.143. The quantitative estimate of drug-likeness (QED) is 0.473. The summed E-state index contributed by atoms with van der Waals surface area (Å²) in [5, 5.41) is 2.42. The van der Waals surface area contributed by atoms with Gasteiger partial charge < -0.3 is 14.5 Å². The number of aromatic nitrogens is 2. The summed E-state index contributed by atoms with van der Waals surface area (Å²) in [6, 6.07) is 11.9. The summed E-state index contributed by atoms with van der Waals surface area (Å²) in [6.45, 7) is 1.10. The Hall–Kier alpha value is -2.84. The molecule has 1 aliphatic rings. The standard InChI is InChI=1S/C21H15FN2O3S2/c22-13-3-1-12(2-4-13)15-10-29-21-19(15)20(25)23-18(24-21)11-28-14-5-6-16-17(9-14)27-8-7-26-16/h1-6,9-10H,7-8,11H2,(H,23,24,25). The van der Waals surface area contributed by atoms with Gasteiger partial charge in [-0.2, -0.15) is 0 Å². The molecule has 0 aliphatic carbocycles. The van der Waals surface area contributed by atoms with Crippen molar-refractivity contribution in [2.45, 2.75) is 10.6 Å². The predicted molar refractivity (Wildman–Crippen MR) is 113 cm³/mol. The van der Waals surface area contributed by atoms with Gasteiger partial charge in [-0.05, 0) is 35.9 Å². The molecule has 8 heteroatoms. The Bertz CT molecular complexity index is 1250. The fourth-order valence-electron chi connectivity index (χ4n) is 3.17. The number of benzene rings is 2. The summed E-state index contributed by atoms with van der Waals surface area (Å²) in [5.41, 5.74) is 1.38. The molecule has 4 aromatic rings. The predicted octanol–water partition coefficient (Wildman–Crippen LogP) is 4.85. The largest absolute Gasteiger partial charge is 0.486 e. The molecule has 1 N–H and O–H groups in total. The summed E-state index contributed by atoms with van der Waals surface area (Å²) in [6.07, 6.45) is 0. The molecule has 1 aliphatic heterocycles. The highest BCUT2D eigenvalue weighted by Gasteiger charge is 2.15. The molecule has 0 spiro atoms. The van der Waals surface area contributed by atoms with Gasteiger partial charge >= 0.3 is 0 Å². The smallest absolute Gasteiger partial charge is 0.260 e. The molecule has 0 saturated carbocycles. The van der Waals surface area contributed by atoms with E-state index in [9.17, 15) is 9.18 Å². The number of thiophene rings is 1. The monoisotopic (exact) mass is 426 g/mol. The maximum Gasteiger partial charge on any atom is 0.260 e. The molecule has 0 atom stereocenters. The average Bonchev–Trinajstić information content (AvgIpc) is 3.17. The zero-order valence-electron chi connectivity index (χ0n) is 15.1. The van der Waals surface area contributed by atoms with E-state index in [-0.39, 0.29) is 11.4 Å². The van der Waals surface area contributed by atoms with Crippen LogP contribution in [0.15, 0.2) is 57.5 Å². The molecular weight excluding hydrogens is 411 g/mol. The van der Waals surface area contributed by atoms with Crippen molar-refractivity contribution >= 4 is 33.3 Å². The molecular formula is C21H15FN2O3S2. The summed E-state index contributed by atoms with van der Waals surface area (Å²) in [7, 11) is 0. The Kier molecular flexibility index (Phi) is 4.73. The number of H-pyrrole nitrogens is 1. The minimum absolute atomic E-state index is 0.187. The second-order valence-corrected chi connectivity index (χ2v) is 8.35. The van der Waals surface area contributed by atoms with Crippen molar-refractivity contribution in [3.8, 4) is 22.6 Å². The Morgan fingerprint density at radius 2 is 1.90 bits per heavy atom.